The molecule has 9 heteroatoms. The molecule has 0 N–H and O–H groups in total. The largest absolute Gasteiger partial charge is 0.293 e. The van der Waals surface area contributed by atoms with Crippen LogP contribution in [0.2, 0.25) is 10.0 Å². The Hall–Kier alpha value is -1.80. The highest BCUT2D eigenvalue weighted by molar-refractivity contribution is 8.18. The van der Waals surface area contributed by atoms with Crippen molar-refractivity contribution in [2.45, 2.75) is 11.4 Å². The molecule has 2 amide bonds. The van der Waals surface area contributed by atoms with Crippen molar-refractivity contribution in [2.24, 2.45) is 0 Å². The van der Waals surface area contributed by atoms with Crippen molar-refractivity contribution in [2.75, 3.05) is 6.26 Å². The summed E-state index contributed by atoms with van der Waals surface area (Å²) >= 11 is 12.7. The maximum Gasteiger partial charge on any atom is 0.293 e. The van der Waals surface area contributed by atoms with E-state index in [1.54, 1.807) is 36.4 Å². The standard InChI is InChI=1S/C18H13Cl2NO4S2/c1-27(24,25)13-5-2-11(3-6-13)9-16-17(22)21(18(23)26-16)10-12-4-7-14(19)15(20)8-12/h2-9H,10H2,1H3/b16-9+. The lowest BCUT2D eigenvalue weighted by Crippen LogP contribution is -2.27. The monoisotopic (exact) mass is 441 g/mol. The Kier molecular flexibility index (Phi) is 5.67. The summed E-state index contributed by atoms with van der Waals surface area (Å²) in [4.78, 5) is 26.4. The van der Waals surface area contributed by atoms with Crippen LogP contribution in [-0.4, -0.2) is 30.7 Å². The molecule has 3 rings (SSSR count). The summed E-state index contributed by atoms with van der Waals surface area (Å²) in [6.07, 6.45) is 2.68. The molecule has 1 aliphatic heterocycles. The second-order valence-electron chi connectivity index (χ2n) is 5.86. The molecule has 1 saturated heterocycles. The number of amides is 2. The molecule has 1 fully saturated rings. The van der Waals surface area contributed by atoms with Gasteiger partial charge in [0.05, 0.1) is 26.4 Å². The molecular formula is C18H13Cl2NO4S2. The third-order valence-corrected chi connectivity index (χ3v) is 6.58. The van der Waals surface area contributed by atoms with E-state index in [0.717, 1.165) is 22.9 Å². The number of carbonyl (C=O) groups is 2. The van der Waals surface area contributed by atoms with Crippen LogP contribution < -0.4 is 0 Å². The van der Waals surface area contributed by atoms with Crippen LogP contribution in [0, 0.1) is 0 Å². The molecule has 2 aromatic rings. The first-order chi connectivity index (χ1) is 12.6. The van der Waals surface area contributed by atoms with Gasteiger partial charge in [0.2, 0.25) is 0 Å². The first-order valence-corrected chi connectivity index (χ1v) is 11.1. The Morgan fingerprint density at radius 2 is 1.70 bits per heavy atom. The minimum atomic E-state index is -3.29. The molecule has 1 aliphatic rings. The molecule has 27 heavy (non-hydrogen) atoms. The normalized spacial score (nSPS) is 16.4. The zero-order chi connectivity index (χ0) is 19.8. The molecule has 0 aromatic heterocycles. The average Bonchev–Trinajstić information content (AvgIpc) is 2.85. The number of sulfone groups is 1. The second-order valence-corrected chi connectivity index (χ2v) is 9.68. The van der Waals surface area contributed by atoms with E-state index in [-0.39, 0.29) is 21.6 Å². The van der Waals surface area contributed by atoms with Crippen LogP contribution in [0.3, 0.4) is 0 Å². The number of hydrogen-bond donors (Lipinski definition) is 0. The van der Waals surface area contributed by atoms with E-state index in [9.17, 15) is 18.0 Å². The van der Waals surface area contributed by atoms with E-state index >= 15 is 0 Å². The van der Waals surface area contributed by atoms with Gasteiger partial charge in [-0.1, -0.05) is 41.4 Å². The molecule has 0 unspecified atom stereocenters. The summed E-state index contributed by atoms with van der Waals surface area (Å²) < 4.78 is 23.0. The summed E-state index contributed by atoms with van der Waals surface area (Å²) in [6, 6.07) is 11.0. The number of carbonyl (C=O) groups excluding carboxylic acids is 2. The van der Waals surface area contributed by atoms with Gasteiger partial charge in [-0.25, -0.2) is 8.42 Å². The molecule has 2 aromatic carbocycles. The van der Waals surface area contributed by atoms with E-state index in [4.69, 9.17) is 23.2 Å². The van der Waals surface area contributed by atoms with Gasteiger partial charge < -0.3 is 0 Å². The van der Waals surface area contributed by atoms with Crippen LogP contribution in [-0.2, 0) is 21.2 Å². The molecule has 0 aliphatic carbocycles. The lowest BCUT2D eigenvalue weighted by molar-refractivity contribution is -0.123. The molecular weight excluding hydrogens is 429 g/mol. The zero-order valence-corrected chi connectivity index (χ0v) is 17.1. The maximum atomic E-state index is 12.6. The minimum absolute atomic E-state index is 0.0892. The highest BCUT2D eigenvalue weighted by atomic mass is 35.5. The van der Waals surface area contributed by atoms with Crippen LogP contribution in [0.4, 0.5) is 4.79 Å². The lowest BCUT2D eigenvalue weighted by atomic mass is 10.2. The number of imide groups is 1. The van der Waals surface area contributed by atoms with E-state index < -0.39 is 15.7 Å². The van der Waals surface area contributed by atoms with E-state index in [1.165, 1.54) is 12.1 Å². The highest BCUT2D eigenvalue weighted by Crippen LogP contribution is 2.34. The van der Waals surface area contributed by atoms with Crippen LogP contribution >= 0.6 is 35.0 Å². The van der Waals surface area contributed by atoms with Gasteiger partial charge in [0.25, 0.3) is 11.1 Å². The number of nitrogens with zero attached hydrogens (tertiary/aromatic N) is 1. The number of thioether (sulfide) groups is 1. The minimum Gasteiger partial charge on any atom is -0.268 e. The smallest absolute Gasteiger partial charge is 0.268 e. The molecule has 0 atom stereocenters. The van der Waals surface area contributed by atoms with Gasteiger partial charge in [0.15, 0.2) is 9.84 Å². The summed E-state index contributed by atoms with van der Waals surface area (Å²) in [5.41, 5.74) is 1.31. The van der Waals surface area contributed by atoms with Crippen molar-refractivity contribution in [3.63, 3.8) is 0 Å². The van der Waals surface area contributed by atoms with Crippen LogP contribution in [0.15, 0.2) is 52.3 Å². The molecule has 140 valence electrons. The van der Waals surface area contributed by atoms with Crippen molar-refractivity contribution in [1.29, 1.82) is 0 Å². The number of rotatable bonds is 4. The predicted molar refractivity (Wildman–Crippen MR) is 108 cm³/mol. The molecule has 0 bridgehead atoms. The molecule has 0 spiro atoms. The Morgan fingerprint density at radius 1 is 1.04 bits per heavy atom. The zero-order valence-electron chi connectivity index (χ0n) is 14.0. The fourth-order valence-corrected chi connectivity index (χ4v) is 4.21. The Morgan fingerprint density at radius 3 is 2.30 bits per heavy atom. The van der Waals surface area contributed by atoms with Gasteiger partial charge >= 0.3 is 0 Å². The third-order valence-electron chi connectivity index (χ3n) is 3.80. The Balaban J connectivity index is 1.80. The van der Waals surface area contributed by atoms with Crippen molar-refractivity contribution < 1.29 is 18.0 Å². The summed E-state index contributed by atoms with van der Waals surface area (Å²) in [7, 11) is -3.29. The fraction of sp³-hybridized carbons (Fsp3) is 0.111. The van der Waals surface area contributed by atoms with Crippen molar-refractivity contribution in [3.05, 3.63) is 68.5 Å². The van der Waals surface area contributed by atoms with Gasteiger partial charge in [-0.2, -0.15) is 0 Å². The number of halogens is 2. The third kappa shape index (κ3) is 4.55. The Labute approximate surface area is 170 Å². The van der Waals surface area contributed by atoms with Gasteiger partial charge in [0.1, 0.15) is 0 Å². The Bertz CT molecular complexity index is 1060. The summed E-state index contributed by atoms with van der Waals surface area (Å²) in [5.74, 6) is -0.414. The van der Waals surface area contributed by atoms with Crippen molar-refractivity contribution in [3.8, 4) is 0 Å². The molecule has 5 nitrogen and oxygen atoms in total. The van der Waals surface area contributed by atoms with E-state index in [0.29, 0.717) is 21.2 Å². The molecule has 0 saturated carbocycles. The first-order valence-electron chi connectivity index (χ1n) is 7.64. The van der Waals surface area contributed by atoms with Crippen LogP contribution in [0.1, 0.15) is 11.1 Å². The highest BCUT2D eigenvalue weighted by Gasteiger charge is 2.35. The van der Waals surface area contributed by atoms with Gasteiger partial charge in [-0.05, 0) is 53.2 Å². The quantitative estimate of drug-likeness (QED) is 0.646. The van der Waals surface area contributed by atoms with Crippen molar-refractivity contribution >= 4 is 62.0 Å². The first kappa shape index (κ1) is 19.9. The topological polar surface area (TPSA) is 71.5 Å². The van der Waals surface area contributed by atoms with Gasteiger partial charge in [-0.3, -0.25) is 14.5 Å². The predicted octanol–water partition coefficient (Wildman–Crippen LogP) is 4.63. The molecule has 1 heterocycles. The second kappa shape index (κ2) is 7.67. The summed E-state index contributed by atoms with van der Waals surface area (Å²) in [5, 5.41) is 0.361. The van der Waals surface area contributed by atoms with Gasteiger partial charge in [0, 0.05) is 6.26 Å². The lowest BCUT2D eigenvalue weighted by Gasteiger charge is -2.12. The van der Waals surface area contributed by atoms with E-state index in [2.05, 4.69) is 0 Å². The number of hydrogen-bond acceptors (Lipinski definition) is 5. The maximum absolute atomic E-state index is 12.6. The number of benzene rings is 2. The van der Waals surface area contributed by atoms with Gasteiger partial charge in [-0.15, -0.1) is 0 Å². The van der Waals surface area contributed by atoms with Crippen LogP contribution in [0.25, 0.3) is 6.08 Å². The van der Waals surface area contributed by atoms with Crippen LogP contribution in [0.5, 0.6) is 0 Å². The van der Waals surface area contributed by atoms with Crippen molar-refractivity contribution in [1.82, 2.24) is 4.90 Å². The fourth-order valence-electron chi connectivity index (χ4n) is 2.42. The van der Waals surface area contributed by atoms with E-state index in [1.807, 2.05) is 0 Å². The summed E-state index contributed by atoms with van der Waals surface area (Å²) in [6.45, 7) is 0.0892. The average molecular weight is 442 g/mol. The molecule has 0 radical (unpaired) electrons. The SMILES string of the molecule is CS(=O)(=O)c1ccc(/C=C2/SC(=O)N(Cc3ccc(Cl)c(Cl)c3)C2=O)cc1.